The zero-order chi connectivity index (χ0) is 14.2. The summed E-state index contributed by atoms with van der Waals surface area (Å²) in [5, 5.41) is 0. The molecule has 0 radical (unpaired) electrons. The van der Waals surface area contributed by atoms with Crippen LogP contribution in [0.1, 0.15) is 5.56 Å². The maximum atomic E-state index is 12.6. The standard InChI is InChI=1S/C15H13NO3S/c16-15-14(10-11-6-4-5-9-13(11)19-15)20(17,18)12-7-2-1-3-8-12/h1-9H,10,16H2. The van der Waals surface area contributed by atoms with E-state index in [2.05, 4.69) is 0 Å². The smallest absolute Gasteiger partial charge is 0.208 e. The van der Waals surface area contributed by atoms with Gasteiger partial charge in [0.15, 0.2) is 0 Å². The molecule has 0 fully saturated rings. The molecule has 2 aromatic rings. The van der Waals surface area contributed by atoms with Crippen LogP contribution in [0.2, 0.25) is 0 Å². The van der Waals surface area contributed by atoms with Crippen LogP contribution in [-0.4, -0.2) is 8.42 Å². The Hall–Kier alpha value is -2.27. The van der Waals surface area contributed by atoms with Gasteiger partial charge in [0, 0.05) is 12.0 Å². The second kappa shape index (κ2) is 4.68. The quantitative estimate of drug-likeness (QED) is 0.919. The Labute approximate surface area is 117 Å². The second-order valence-corrected chi connectivity index (χ2v) is 6.46. The molecule has 1 aliphatic rings. The lowest BCUT2D eigenvalue weighted by Gasteiger charge is -2.20. The Morgan fingerprint density at radius 3 is 2.35 bits per heavy atom. The molecule has 3 rings (SSSR count). The number of rotatable bonds is 2. The van der Waals surface area contributed by atoms with E-state index in [1.807, 2.05) is 18.2 Å². The van der Waals surface area contributed by atoms with Crippen molar-refractivity contribution in [3.05, 3.63) is 70.9 Å². The zero-order valence-electron chi connectivity index (χ0n) is 10.6. The molecule has 0 unspecified atom stereocenters. The van der Waals surface area contributed by atoms with E-state index < -0.39 is 9.84 Å². The Bertz CT molecular complexity index is 780. The molecule has 2 N–H and O–H groups in total. The molecule has 0 atom stereocenters. The highest BCUT2D eigenvalue weighted by Gasteiger charge is 2.29. The third-order valence-corrected chi connectivity index (χ3v) is 5.08. The fourth-order valence-electron chi connectivity index (χ4n) is 2.15. The Morgan fingerprint density at radius 1 is 0.950 bits per heavy atom. The summed E-state index contributed by atoms with van der Waals surface area (Å²) in [7, 11) is -3.62. The van der Waals surface area contributed by atoms with Gasteiger partial charge in [0.2, 0.25) is 15.7 Å². The van der Waals surface area contributed by atoms with Crippen LogP contribution in [0, 0.1) is 0 Å². The van der Waals surface area contributed by atoms with Gasteiger partial charge in [-0.15, -0.1) is 0 Å². The molecule has 0 bridgehead atoms. The van der Waals surface area contributed by atoms with Crippen molar-refractivity contribution in [2.24, 2.45) is 5.73 Å². The van der Waals surface area contributed by atoms with Crippen molar-refractivity contribution in [2.45, 2.75) is 11.3 Å². The summed E-state index contributed by atoms with van der Waals surface area (Å²) < 4.78 is 30.6. The van der Waals surface area contributed by atoms with Gasteiger partial charge in [0.1, 0.15) is 10.7 Å². The van der Waals surface area contributed by atoms with Crippen molar-refractivity contribution < 1.29 is 13.2 Å². The van der Waals surface area contributed by atoms with Crippen LogP contribution in [0.25, 0.3) is 0 Å². The van der Waals surface area contributed by atoms with Gasteiger partial charge < -0.3 is 10.5 Å². The lowest BCUT2D eigenvalue weighted by molar-refractivity contribution is 0.400. The largest absolute Gasteiger partial charge is 0.440 e. The number of ether oxygens (including phenoxy) is 1. The number of sulfone groups is 1. The maximum Gasteiger partial charge on any atom is 0.208 e. The summed E-state index contributed by atoms with van der Waals surface area (Å²) in [6.45, 7) is 0. The molecule has 0 amide bonds. The molecule has 5 heteroatoms. The highest BCUT2D eigenvalue weighted by Crippen LogP contribution is 2.33. The van der Waals surface area contributed by atoms with Crippen LogP contribution in [0.4, 0.5) is 0 Å². The molecule has 0 spiro atoms. The number of benzene rings is 2. The highest BCUT2D eigenvalue weighted by molar-refractivity contribution is 7.95. The Kier molecular flexibility index (Phi) is 2.99. The van der Waals surface area contributed by atoms with Crippen molar-refractivity contribution >= 4 is 9.84 Å². The van der Waals surface area contributed by atoms with Crippen molar-refractivity contribution in [1.82, 2.24) is 0 Å². The number of hydrogen-bond donors (Lipinski definition) is 1. The first kappa shape index (κ1) is 12.7. The molecule has 20 heavy (non-hydrogen) atoms. The van der Waals surface area contributed by atoms with Gasteiger partial charge in [-0.25, -0.2) is 8.42 Å². The van der Waals surface area contributed by atoms with Gasteiger partial charge in [-0.05, 0) is 18.2 Å². The fourth-order valence-corrected chi connectivity index (χ4v) is 3.61. The Balaban J connectivity index is 2.08. The molecule has 1 heterocycles. The van der Waals surface area contributed by atoms with E-state index in [-0.39, 0.29) is 22.1 Å². The van der Waals surface area contributed by atoms with E-state index in [0.29, 0.717) is 5.75 Å². The lowest BCUT2D eigenvalue weighted by Crippen LogP contribution is -2.22. The normalized spacial score (nSPS) is 14.6. The monoisotopic (exact) mass is 287 g/mol. The van der Waals surface area contributed by atoms with E-state index in [9.17, 15) is 8.42 Å². The molecule has 4 nitrogen and oxygen atoms in total. The number of fused-ring (bicyclic) bond motifs is 1. The van der Waals surface area contributed by atoms with Gasteiger partial charge >= 0.3 is 0 Å². The molecule has 2 aromatic carbocycles. The zero-order valence-corrected chi connectivity index (χ0v) is 11.4. The van der Waals surface area contributed by atoms with Gasteiger partial charge in [0.25, 0.3) is 0 Å². The minimum absolute atomic E-state index is 0.0486. The molecule has 0 saturated heterocycles. The van der Waals surface area contributed by atoms with Gasteiger partial charge in [-0.2, -0.15) is 0 Å². The number of hydrogen-bond acceptors (Lipinski definition) is 4. The highest BCUT2D eigenvalue weighted by atomic mass is 32.2. The van der Waals surface area contributed by atoms with Crippen LogP contribution in [0.5, 0.6) is 5.75 Å². The molecule has 102 valence electrons. The fraction of sp³-hybridized carbons (Fsp3) is 0.0667. The summed E-state index contributed by atoms with van der Waals surface area (Å²) in [6.07, 6.45) is 0.249. The van der Waals surface area contributed by atoms with E-state index >= 15 is 0 Å². The van der Waals surface area contributed by atoms with Crippen molar-refractivity contribution in [3.63, 3.8) is 0 Å². The van der Waals surface area contributed by atoms with Crippen LogP contribution >= 0.6 is 0 Å². The summed E-state index contributed by atoms with van der Waals surface area (Å²) in [6, 6.07) is 15.5. The summed E-state index contributed by atoms with van der Waals surface area (Å²) in [4.78, 5) is 0.336. The molecule has 0 aromatic heterocycles. The minimum atomic E-state index is -3.62. The van der Waals surface area contributed by atoms with Gasteiger partial charge in [-0.1, -0.05) is 36.4 Å². The predicted molar refractivity (Wildman–Crippen MR) is 75.6 cm³/mol. The van der Waals surface area contributed by atoms with E-state index in [4.69, 9.17) is 10.5 Å². The third-order valence-electron chi connectivity index (χ3n) is 3.20. The number of allylic oxidation sites excluding steroid dienone is 1. The first-order chi connectivity index (χ1) is 9.59. The molecule has 1 aliphatic heterocycles. The molecular weight excluding hydrogens is 274 g/mol. The minimum Gasteiger partial charge on any atom is -0.440 e. The summed E-state index contributed by atoms with van der Waals surface area (Å²) in [5.41, 5.74) is 6.61. The van der Waals surface area contributed by atoms with Crippen molar-refractivity contribution in [1.29, 1.82) is 0 Å². The summed E-state index contributed by atoms with van der Waals surface area (Å²) in [5.74, 6) is 0.560. The molecular formula is C15H13NO3S. The first-order valence-electron chi connectivity index (χ1n) is 6.13. The molecule has 0 saturated carbocycles. The maximum absolute atomic E-state index is 12.6. The van der Waals surface area contributed by atoms with Crippen molar-refractivity contribution in [2.75, 3.05) is 0 Å². The topological polar surface area (TPSA) is 69.4 Å². The van der Waals surface area contributed by atoms with Gasteiger partial charge in [0.05, 0.1) is 4.90 Å². The number of para-hydroxylation sites is 1. The van der Waals surface area contributed by atoms with Crippen LogP contribution < -0.4 is 10.5 Å². The van der Waals surface area contributed by atoms with Crippen LogP contribution in [-0.2, 0) is 16.3 Å². The average molecular weight is 287 g/mol. The Morgan fingerprint density at radius 2 is 1.60 bits per heavy atom. The molecule has 0 aliphatic carbocycles. The van der Waals surface area contributed by atoms with Crippen molar-refractivity contribution in [3.8, 4) is 5.75 Å². The lowest BCUT2D eigenvalue weighted by atomic mass is 10.1. The van der Waals surface area contributed by atoms with E-state index in [1.54, 1.807) is 36.4 Å². The SMILES string of the molecule is NC1=C(S(=O)(=O)c2ccccc2)Cc2ccccc2O1. The number of nitrogens with two attached hydrogens (primary N) is 1. The third kappa shape index (κ3) is 2.06. The average Bonchev–Trinajstić information content (AvgIpc) is 2.47. The van der Waals surface area contributed by atoms with E-state index in [0.717, 1.165) is 5.56 Å². The summed E-state index contributed by atoms with van der Waals surface area (Å²) >= 11 is 0. The second-order valence-electron chi connectivity index (χ2n) is 4.49. The van der Waals surface area contributed by atoms with Gasteiger partial charge in [-0.3, -0.25) is 0 Å². The first-order valence-corrected chi connectivity index (χ1v) is 7.62. The van der Waals surface area contributed by atoms with Crippen LogP contribution in [0.15, 0.2) is 70.3 Å². The van der Waals surface area contributed by atoms with Crippen LogP contribution in [0.3, 0.4) is 0 Å². The van der Waals surface area contributed by atoms with E-state index in [1.165, 1.54) is 0 Å². The predicted octanol–water partition coefficient (Wildman–Crippen LogP) is 2.22.